The first-order valence-corrected chi connectivity index (χ1v) is 7.39. The molecule has 0 amide bonds. The van der Waals surface area contributed by atoms with Crippen molar-refractivity contribution >= 4 is 5.82 Å². The Kier molecular flexibility index (Phi) is 3.82. The van der Waals surface area contributed by atoms with E-state index in [9.17, 15) is 5.26 Å². The Morgan fingerprint density at radius 2 is 2.00 bits per heavy atom. The molecule has 0 N–H and O–H groups in total. The minimum atomic E-state index is 0.246. The third-order valence-electron chi connectivity index (χ3n) is 4.04. The Bertz CT molecular complexity index is 711. The minimum absolute atomic E-state index is 0.246. The Morgan fingerprint density at radius 1 is 1.27 bits per heavy atom. The van der Waals surface area contributed by atoms with E-state index in [4.69, 9.17) is 4.74 Å². The highest BCUT2D eigenvalue weighted by Gasteiger charge is 2.22. The van der Waals surface area contributed by atoms with E-state index >= 15 is 0 Å². The standard InChI is InChI=1S/C16H19N5O/c1-11-4-5-12(2)21(11)15-8-16(19-18-14(15)9-17)20-6-7-22-10-13(20)3/h4-5,8,13H,6-7,10H2,1-3H3. The monoisotopic (exact) mass is 297 g/mol. The summed E-state index contributed by atoms with van der Waals surface area (Å²) in [6.07, 6.45) is 0. The number of nitrogens with zero attached hydrogens (tertiary/aromatic N) is 5. The zero-order chi connectivity index (χ0) is 15.7. The van der Waals surface area contributed by atoms with Gasteiger partial charge in [0, 0.05) is 24.0 Å². The van der Waals surface area contributed by atoms with E-state index in [0.29, 0.717) is 18.9 Å². The quantitative estimate of drug-likeness (QED) is 0.848. The molecule has 0 saturated carbocycles. The summed E-state index contributed by atoms with van der Waals surface area (Å²) < 4.78 is 7.52. The maximum Gasteiger partial charge on any atom is 0.187 e. The molecule has 0 radical (unpaired) electrons. The molecule has 3 rings (SSSR count). The van der Waals surface area contributed by atoms with Crippen LogP contribution in [0.5, 0.6) is 0 Å². The molecule has 0 aromatic carbocycles. The van der Waals surface area contributed by atoms with Crippen molar-refractivity contribution < 1.29 is 4.74 Å². The molecule has 0 aliphatic carbocycles. The number of aromatic nitrogens is 3. The van der Waals surface area contributed by atoms with Gasteiger partial charge < -0.3 is 14.2 Å². The second kappa shape index (κ2) is 5.78. The Hall–Kier alpha value is -2.39. The smallest absolute Gasteiger partial charge is 0.187 e. The van der Waals surface area contributed by atoms with Gasteiger partial charge in [-0.2, -0.15) is 5.26 Å². The van der Waals surface area contributed by atoms with Crippen LogP contribution in [-0.2, 0) is 4.74 Å². The van der Waals surface area contributed by atoms with Gasteiger partial charge in [-0.05, 0) is 32.9 Å². The first-order valence-electron chi connectivity index (χ1n) is 7.39. The third-order valence-corrected chi connectivity index (χ3v) is 4.04. The molecule has 3 heterocycles. The minimum Gasteiger partial charge on any atom is -0.377 e. The lowest BCUT2D eigenvalue weighted by molar-refractivity contribution is 0.0984. The van der Waals surface area contributed by atoms with Crippen molar-refractivity contribution in [3.05, 3.63) is 35.3 Å². The summed E-state index contributed by atoms with van der Waals surface area (Å²) in [6, 6.07) is 8.41. The number of ether oxygens (including phenoxy) is 1. The molecular weight excluding hydrogens is 278 g/mol. The maximum absolute atomic E-state index is 9.35. The van der Waals surface area contributed by atoms with Crippen molar-refractivity contribution in [2.24, 2.45) is 0 Å². The number of morpholine rings is 1. The van der Waals surface area contributed by atoms with Gasteiger partial charge in [0.05, 0.1) is 24.9 Å². The lowest BCUT2D eigenvalue weighted by Gasteiger charge is -2.34. The SMILES string of the molecule is Cc1ccc(C)n1-c1cc(N2CCOCC2C)nnc1C#N. The number of aryl methyl sites for hydroxylation is 2. The number of rotatable bonds is 2. The molecule has 1 aliphatic heterocycles. The van der Waals surface area contributed by atoms with Crippen molar-refractivity contribution in [3.63, 3.8) is 0 Å². The summed E-state index contributed by atoms with van der Waals surface area (Å²) in [5.41, 5.74) is 3.27. The molecule has 1 saturated heterocycles. The zero-order valence-electron chi connectivity index (χ0n) is 13.1. The van der Waals surface area contributed by atoms with Gasteiger partial charge >= 0.3 is 0 Å². The van der Waals surface area contributed by atoms with E-state index in [1.165, 1.54) is 0 Å². The lowest BCUT2D eigenvalue weighted by Crippen LogP contribution is -2.44. The van der Waals surface area contributed by atoms with Gasteiger partial charge in [0.25, 0.3) is 0 Å². The average molecular weight is 297 g/mol. The van der Waals surface area contributed by atoms with E-state index in [2.05, 4.69) is 28.1 Å². The molecular formula is C16H19N5O. The van der Waals surface area contributed by atoms with Crippen LogP contribution in [0.4, 0.5) is 5.82 Å². The zero-order valence-corrected chi connectivity index (χ0v) is 13.1. The summed E-state index contributed by atoms with van der Waals surface area (Å²) >= 11 is 0. The average Bonchev–Trinajstić information content (AvgIpc) is 2.86. The Morgan fingerprint density at radius 3 is 2.64 bits per heavy atom. The van der Waals surface area contributed by atoms with Crippen LogP contribution in [0.3, 0.4) is 0 Å². The summed E-state index contributed by atoms with van der Waals surface area (Å²) in [5, 5.41) is 17.7. The van der Waals surface area contributed by atoms with E-state index in [0.717, 1.165) is 29.4 Å². The van der Waals surface area contributed by atoms with Crippen LogP contribution < -0.4 is 4.90 Å². The molecule has 114 valence electrons. The molecule has 1 aliphatic rings. The Labute approximate surface area is 129 Å². The van der Waals surface area contributed by atoms with E-state index in [1.807, 2.05) is 36.6 Å². The molecule has 6 nitrogen and oxygen atoms in total. The number of nitriles is 1. The predicted molar refractivity (Wildman–Crippen MR) is 83.2 cm³/mol. The fourth-order valence-electron chi connectivity index (χ4n) is 2.88. The van der Waals surface area contributed by atoms with E-state index in [-0.39, 0.29) is 6.04 Å². The van der Waals surface area contributed by atoms with Gasteiger partial charge in [-0.3, -0.25) is 0 Å². The molecule has 1 atom stereocenters. The predicted octanol–water partition coefficient (Wildman–Crippen LogP) is 1.98. The van der Waals surface area contributed by atoms with E-state index in [1.54, 1.807) is 0 Å². The van der Waals surface area contributed by atoms with Crippen molar-refractivity contribution in [3.8, 4) is 11.8 Å². The molecule has 0 spiro atoms. The third kappa shape index (κ3) is 2.44. The van der Waals surface area contributed by atoms with Crippen molar-refractivity contribution in [1.29, 1.82) is 5.26 Å². The van der Waals surface area contributed by atoms with Crippen LogP contribution in [0.15, 0.2) is 18.2 Å². The summed E-state index contributed by atoms with van der Waals surface area (Å²) in [6.45, 7) is 8.29. The van der Waals surface area contributed by atoms with Gasteiger partial charge in [-0.25, -0.2) is 0 Å². The number of hydrogen-bond donors (Lipinski definition) is 0. The topological polar surface area (TPSA) is 67.0 Å². The van der Waals surface area contributed by atoms with Crippen LogP contribution in [0.25, 0.3) is 5.69 Å². The molecule has 2 aromatic heterocycles. The van der Waals surface area contributed by atoms with Gasteiger partial charge in [0.2, 0.25) is 0 Å². The highest BCUT2D eigenvalue weighted by atomic mass is 16.5. The molecule has 2 aromatic rings. The molecule has 22 heavy (non-hydrogen) atoms. The van der Waals surface area contributed by atoms with Gasteiger partial charge in [-0.15, -0.1) is 10.2 Å². The first kappa shape index (κ1) is 14.5. The summed E-state index contributed by atoms with van der Waals surface area (Å²) in [7, 11) is 0. The van der Waals surface area contributed by atoms with E-state index < -0.39 is 0 Å². The summed E-state index contributed by atoms with van der Waals surface area (Å²) in [4.78, 5) is 2.18. The molecule has 1 fully saturated rings. The lowest BCUT2D eigenvalue weighted by atomic mass is 10.2. The van der Waals surface area contributed by atoms with Crippen LogP contribution in [-0.4, -0.2) is 40.6 Å². The fourth-order valence-corrected chi connectivity index (χ4v) is 2.88. The fraction of sp³-hybridized carbons (Fsp3) is 0.438. The van der Waals surface area contributed by atoms with Crippen molar-refractivity contribution in [2.75, 3.05) is 24.7 Å². The van der Waals surface area contributed by atoms with Gasteiger partial charge in [0.15, 0.2) is 11.5 Å². The van der Waals surface area contributed by atoms with Crippen LogP contribution in [0, 0.1) is 25.2 Å². The van der Waals surface area contributed by atoms with Crippen molar-refractivity contribution in [1.82, 2.24) is 14.8 Å². The highest BCUT2D eigenvalue weighted by Crippen LogP contribution is 2.24. The number of anilines is 1. The van der Waals surface area contributed by atoms with Crippen LogP contribution in [0.2, 0.25) is 0 Å². The maximum atomic E-state index is 9.35. The second-order valence-electron chi connectivity index (χ2n) is 5.62. The molecule has 6 heteroatoms. The molecule has 1 unspecified atom stereocenters. The van der Waals surface area contributed by atoms with Crippen molar-refractivity contribution in [2.45, 2.75) is 26.8 Å². The van der Waals surface area contributed by atoms with Gasteiger partial charge in [0.1, 0.15) is 6.07 Å². The largest absolute Gasteiger partial charge is 0.377 e. The van der Waals surface area contributed by atoms with Crippen LogP contribution >= 0.6 is 0 Å². The van der Waals surface area contributed by atoms with Gasteiger partial charge in [-0.1, -0.05) is 0 Å². The second-order valence-corrected chi connectivity index (χ2v) is 5.62. The first-order chi connectivity index (χ1) is 10.6. The molecule has 0 bridgehead atoms. The Balaban J connectivity index is 2.09. The van der Waals surface area contributed by atoms with Crippen LogP contribution in [0.1, 0.15) is 24.0 Å². The summed E-state index contributed by atoms with van der Waals surface area (Å²) in [5.74, 6) is 0.789. The highest BCUT2D eigenvalue weighted by molar-refractivity contribution is 5.54. The number of hydrogen-bond acceptors (Lipinski definition) is 5. The normalized spacial score (nSPS) is 18.3.